The first-order valence-electron chi connectivity index (χ1n) is 11.7. The Morgan fingerprint density at radius 2 is 2.03 bits per heavy atom. The fourth-order valence-electron chi connectivity index (χ4n) is 5.03. The van der Waals surface area contributed by atoms with Crippen LogP contribution in [0.3, 0.4) is 0 Å². The predicted molar refractivity (Wildman–Crippen MR) is 132 cm³/mol. The number of nitrogens with zero attached hydrogens (tertiary/aromatic N) is 6. The first kappa shape index (κ1) is 24.6. The number of rotatable bonds is 5. The molecule has 0 aliphatic carbocycles. The van der Waals surface area contributed by atoms with E-state index in [9.17, 15) is 18.8 Å². The quantitative estimate of drug-likeness (QED) is 0.382. The van der Waals surface area contributed by atoms with Crippen LogP contribution in [0.25, 0.3) is 22.6 Å². The maximum atomic E-state index is 15.2. The van der Waals surface area contributed by atoms with Crippen LogP contribution in [0.15, 0.2) is 52.1 Å². The summed E-state index contributed by atoms with van der Waals surface area (Å²) in [5.74, 6) is -3.27. The lowest BCUT2D eigenvalue weighted by atomic mass is 9.92. The number of fused-ring (bicyclic) bond motifs is 1. The summed E-state index contributed by atoms with van der Waals surface area (Å²) in [7, 11) is 0. The van der Waals surface area contributed by atoms with E-state index in [0.717, 1.165) is 6.07 Å². The van der Waals surface area contributed by atoms with E-state index in [4.69, 9.17) is 11.6 Å². The highest BCUT2D eigenvalue weighted by atomic mass is 35.5. The Balaban J connectivity index is 1.24. The summed E-state index contributed by atoms with van der Waals surface area (Å²) in [6, 6.07) is 5.55. The second kappa shape index (κ2) is 9.54. The fourth-order valence-corrected chi connectivity index (χ4v) is 5.18. The number of hydrogen-bond acceptors (Lipinski definition) is 8. The topological polar surface area (TPSA) is 152 Å². The summed E-state index contributed by atoms with van der Waals surface area (Å²) in [6.45, 7) is 0. The molecule has 2 N–H and O–H groups in total. The molecule has 6 rings (SSSR count). The van der Waals surface area contributed by atoms with Gasteiger partial charge in [0.1, 0.15) is 18.2 Å². The number of anilines is 1. The van der Waals surface area contributed by atoms with Crippen molar-refractivity contribution in [1.29, 1.82) is 0 Å². The molecule has 2 aliphatic heterocycles. The van der Waals surface area contributed by atoms with Crippen LogP contribution in [-0.2, 0) is 9.59 Å². The SMILES string of the molecule is O=C(Nc1ccc(-c2noc(=O)[nH]2)cc1F)[C@@H]1CCC2CC(c3c(-n4cnnn4)ccc(Cl)c3F)=CC(=O)N21. The molecule has 0 bridgehead atoms. The van der Waals surface area contributed by atoms with Crippen molar-refractivity contribution < 1.29 is 22.9 Å². The van der Waals surface area contributed by atoms with E-state index < -0.39 is 35.2 Å². The van der Waals surface area contributed by atoms with Crippen molar-refractivity contribution in [2.24, 2.45) is 0 Å². The van der Waals surface area contributed by atoms with Gasteiger partial charge in [-0.3, -0.25) is 19.1 Å². The van der Waals surface area contributed by atoms with Gasteiger partial charge in [-0.05, 0) is 65.6 Å². The summed E-state index contributed by atoms with van der Waals surface area (Å²) in [5, 5.41) is 16.9. The minimum absolute atomic E-state index is 0.0382. The third kappa shape index (κ3) is 4.37. The van der Waals surface area contributed by atoms with Crippen molar-refractivity contribution in [2.45, 2.75) is 31.3 Å². The van der Waals surface area contributed by atoms with Gasteiger partial charge >= 0.3 is 5.76 Å². The Kier molecular flexibility index (Phi) is 6.02. The lowest BCUT2D eigenvalue weighted by Gasteiger charge is -2.33. The van der Waals surface area contributed by atoms with Crippen LogP contribution in [0.4, 0.5) is 14.5 Å². The van der Waals surface area contributed by atoms with Crippen LogP contribution < -0.4 is 11.1 Å². The van der Waals surface area contributed by atoms with Crippen molar-refractivity contribution in [1.82, 2.24) is 35.2 Å². The second-order valence-corrected chi connectivity index (χ2v) is 9.41. The first-order valence-corrected chi connectivity index (χ1v) is 12.1. The maximum absolute atomic E-state index is 15.2. The zero-order valence-electron chi connectivity index (χ0n) is 19.8. The number of carbonyl (C=O) groups is 2. The number of tetrazole rings is 1. The van der Waals surface area contributed by atoms with E-state index in [1.807, 2.05) is 0 Å². The zero-order valence-corrected chi connectivity index (χ0v) is 20.5. The van der Waals surface area contributed by atoms with Gasteiger partial charge in [0.25, 0.3) is 0 Å². The molecular formula is C24H17ClF2N8O4. The summed E-state index contributed by atoms with van der Waals surface area (Å²) in [4.78, 5) is 41.3. The number of hydrogen-bond donors (Lipinski definition) is 2. The Labute approximate surface area is 222 Å². The number of amides is 2. The molecule has 4 aromatic rings. The molecule has 2 aromatic heterocycles. The molecule has 15 heteroatoms. The second-order valence-electron chi connectivity index (χ2n) is 9.00. The van der Waals surface area contributed by atoms with Crippen molar-refractivity contribution in [3.8, 4) is 17.1 Å². The van der Waals surface area contributed by atoms with Gasteiger partial charge in [0.05, 0.1) is 16.4 Å². The molecular weight excluding hydrogens is 538 g/mol. The average molecular weight is 555 g/mol. The molecule has 2 aromatic carbocycles. The number of benzene rings is 2. The van der Waals surface area contributed by atoms with Crippen LogP contribution in [0.2, 0.25) is 5.02 Å². The average Bonchev–Trinajstić information content (AvgIpc) is 3.68. The van der Waals surface area contributed by atoms with Gasteiger partial charge in [-0.15, -0.1) is 5.10 Å². The third-order valence-electron chi connectivity index (χ3n) is 6.74. The van der Waals surface area contributed by atoms with Crippen LogP contribution in [0.1, 0.15) is 24.8 Å². The Morgan fingerprint density at radius 3 is 2.74 bits per heavy atom. The molecule has 0 spiro atoms. The van der Waals surface area contributed by atoms with Crippen LogP contribution >= 0.6 is 11.6 Å². The Hall–Kier alpha value is -4.72. The first-order chi connectivity index (χ1) is 18.8. The maximum Gasteiger partial charge on any atom is 0.439 e. The summed E-state index contributed by atoms with van der Waals surface area (Å²) < 4.78 is 35.7. The van der Waals surface area contributed by atoms with Crippen molar-refractivity contribution in [3.63, 3.8) is 0 Å². The molecule has 2 amide bonds. The Bertz CT molecular complexity index is 1700. The number of carbonyl (C=O) groups excluding carboxylic acids is 2. The van der Waals surface area contributed by atoms with Gasteiger partial charge < -0.3 is 10.2 Å². The molecule has 198 valence electrons. The molecule has 4 heterocycles. The van der Waals surface area contributed by atoms with E-state index in [0.29, 0.717) is 24.1 Å². The van der Waals surface area contributed by atoms with Crippen molar-refractivity contribution in [2.75, 3.05) is 5.32 Å². The molecule has 12 nitrogen and oxygen atoms in total. The van der Waals surface area contributed by atoms with Crippen molar-refractivity contribution >= 4 is 34.7 Å². The molecule has 39 heavy (non-hydrogen) atoms. The zero-order chi connectivity index (χ0) is 27.3. The molecule has 0 radical (unpaired) electrons. The third-order valence-corrected chi connectivity index (χ3v) is 7.04. The summed E-state index contributed by atoms with van der Waals surface area (Å²) in [5.41, 5.74) is 0.961. The largest absolute Gasteiger partial charge is 0.439 e. The molecule has 2 atom stereocenters. The van der Waals surface area contributed by atoms with Gasteiger partial charge in [0, 0.05) is 23.2 Å². The number of nitrogens with one attached hydrogen (secondary N) is 2. The number of H-pyrrole nitrogens is 1. The van der Waals surface area contributed by atoms with Crippen LogP contribution in [0.5, 0.6) is 0 Å². The van der Waals surface area contributed by atoms with Gasteiger partial charge in [-0.25, -0.2) is 13.6 Å². The fraction of sp³-hybridized carbons (Fsp3) is 0.208. The van der Waals surface area contributed by atoms with Gasteiger partial charge in [-0.1, -0.05) is 16.8 Å². The van der Waals surface area contributed by atoms with E-state index >= 15 is 4.39 Å². The van der Waals surface area contributed by atoms with E-state index in [1.54, 1.807) is 6.07 Å². The number of aromatic nitrogens is 6. The van der Waals surface area contributed by atoms with Crippen LogP contribution in [0, 0.1) is 11.6 Å². The minimum atomic E-state index is -0.852. The number of aromatic amines is 1. The molecule has 1 saturated heterocycles. The molecule has 1 unspecified atom stereocenters. The highest BCUT2D eigenvalue weighted by molar-refractivity contribution is 6.31. The minimum Gasteiger partial charge on any atom is -0.324 e. The monoisotopic (exact) mass is 554 g/mol. The molecule has 1 fully saturated rings. The Morgan fingerprint density at radius 1 is 1.18 bits per heavy atom. The highest BCUT2D eigenvalue weighted by Crippen LogP contribution is 2.40. The smallest absolute Gasteiger partial charge is 0.324 e. The van der Waals surface area contributed by atoms with Gasteiger partial charge in [-0.2, -0.15) is 4.68 Å². The normalized spacial score (nSPS) is 18.7. The van der Waals surface area contributed by atoms with E-state index in [2.05, 4.69) is 35.5 Å². The van der Waals surface area contributed by atoms with Gasteiger partial charge in [0.2, 0.25) is 11.8 Å². The number of halogens is 3. The molecule has 2 aliphatic rings. The summed E-state index contributed by atoms with van der Waals surface area (Å²) >= 11 is 6.05. The van der Waals surface area contributed by atoms with Crippen LogP contribution in [-0.4, -0.2) is 59.1 Å². The van der Waals surface area contributed by atoms with Crippen molar-refractivity contribution in [3.05, 3.63) is 75.5 Å². The lowest BCUT2D eigenvalue weighted by Crippen LogP contribution is -2.48. The van der Waals surface area contributed by atoms with E-state index in [-0.39, 0.29) is 40.1 Å². The summed E-state index contributed by atoms with van der Waals surface area (Å²) in [6.07, 6.45) is 3.65. The highest BCUT2D eigenvalue weighted by Gasteiger charge is 2.43. The lowest BCUT2D eigenvalue weighted by molar-refractivity contribution is -0.135. The predicted octanol–water partition coefficient (Wildman–Crippen LogP) is 2.72. The molecule has 0 saturated carbocycles. The standard InChI is InChI=1S/C24H17ClF2N8O4/c25-14-3-6-17(34-10-28-32-33-34)20(21(14)27)12-7-13-2-5-18(35(13)19(36)9-12)23(37)29-16-4-1-11(8-15(16)26)22-30-24(38)39-31-22/h1,3-4,6,8-10,13,18H,2,5,7H2,(H,29,37)(H,30,31,38)/t13?,18-/m0/s1. The van der Waals surface area contributed by atoms with Gasteiger partial charge in [0.15, 0.2) is 11.6 Å². The van der Waals surface area contributed by atoms with E-state index in [1.165, 1.54) is 40.2 Å².